The van der Waals surface area contributed by atoms with E-state index in [1.165, 1.54) is 0 Å². The van der Waals surface area contributed by atoms with E-state index in [1.54, 1.807) is 24.8 Å². The number of aromatic nitrogens is 4. The lowest BCUT2D eigenvalue weighted by Gasteiger charge is -2.02. The van der Waals surface area contributed by atoms with Gasteiger partial charge in [-0.2, -0.15) is 5.10 Å². The number of hydrogen-bond donors (Lipinski definition) is 2. The summed E-state index contributed by atoms with van der Waals surface area (Å²) in [5.74, 6) is 2.38. The lowest BCUT2D eigenvalue weighted by atomic mass is 10.1. The van der Waals surface area contributed by atoms with Crippen LogP contribution in [-0.2, 0) is 0 Å². The molecule has 1 aromatic carbocycles. The Hall–Kier alpha value is -2.93. The Kier molecular flexibility index (Phi) is 3.39. The minimum Gasteiger partial charge on any atom is -0.497 e. The summed E-state index contributed by atoms with van der Waals surface area (Å²) in [6.07, 6.45) is 1.55. The molecule has 0 saturated heterocycles. The SMILES string of the molecule is COc1ccc(-c2cc(Nc3ncnc4ccsc34)[nH]n2)cc1. The summed E-state index contributed by atoms with van der Waals surface area (Å²) >= 11 is 1.60. The van der Waals surface area contributed by atoms with Crippen molar-refractivity contribution in [2.24, 2.45) is 0 Å². The van der Waals surface area contributed by atoms with Crippen molar-refractivity contribution in [1.29, 1.82) is 0 Å². The smallest absolute Gasteiger partial charge is 0.152 e. The van der Waals surface area contributed by atoms with Gasteiger partial charge in [0.05, 0.1) is 23.0 Å². The molecule has 4 rings (SSSR count). The quantitative estimate of drug-likeness (QED) is 0.597. The minimum absolute atomic E-state index is 0.773. The molecule has 0 radical (unpaired) electrons. The van der Waals surface area contributed by atoms with Crippen LogP contribution in [0.4, 0.5) is 11.6 Å². The molecule has 3 heterocycles. The molecule has 3 aromatic heterocycles. The predicted molar refractivity (Wildman–Crippen MR) is 91.3 cm³/mol. The number of nitrogens with zero attached hydrogens (tertiary/aromatic N) is 3. The third-order valence-electron chi connectivity index (χ3n) is 3.46. The zero-order valence-corrected chi connectivity index (χ0v) is 13.1. The zero-order chi connectivity index (χ0) is 15.6. The maximum Gasteiger partial charge on any atom is 0.152 e. The lowest BCUT2D eigenvalue weighted by molar-refractivity contribution is 0.415. The summed E-state index contributed by atoms with van der Waals surface area (Å²) < 4.78 is 6.19. The number of H-pyrrole nitrogens is 1. The van der Waals surface area contributed by atoms with Gasteiger partial charge in [-0.05, 0) is 35.7 Å². The number of thiophene rings is 1. The average molecular weight is 323 g/mol. The molecule has 0 atom stereocenters. The van der Waals surface area contributed by atoms with Gasteiger partial charge in [0.25, 0.3) is 0 Å². The summed E-state index contributed by atoms with van der Waals surface area (Å²) in [5.41, 5.74) is 2.80. The molecular weight excluding hydrogens is 310 g/mol. The molecule has 0 aliphatic carbocycles. The maximum atomic E-state index is 5.17. The Morgan fingerprint density at radius 3 is 2.83 bits per heavy atom. The summed E-state index contributed by atoms with van der Waals surface area (Å²) in [4.78, 5) is 8.54. The van der Waals surface area contributed by atoms with Gasteiger partial charge >= 0.3 is 0 Å². The normalized spacial score (nSPS) is 10.8. The van der Waals surface area contributed by atoms with Crippen LogP contribution in [0.1, 0.15) is 0 Å². The number of ether oxygens (including phenoxy) is 1. The van der Waals surface area contributed by atoms with Crippen LogP contribution in [0.5, 0.6) is 5.75 Å². The number of nitrogens with one attached hydrogen (secondary N) is 2. The van der Waals surface area contributed by atoms with Crippen LogP contribution in [0.15, 0.2) is 48.1 Å². The predicted octanol–water partition coefficient (Wildman–Crippen LogP) is 3.83. The van der Waals surface area contributed by atoms with Crippen molar-refractivity contribution < 1.29 is 4.74 Å². The van der Waals surface area contributed by atoms with Gasteiger partial charge in [0.1, 0.15) is 17.9 Å². The van der Waals surface area contributed by atoms with Gasteiger partial charge in [0.2, 0.25) is 0 Å². The van der Waals surface area contributed by atoms with E-state index in [-0.39, 0.29) is 0 Å². The van der Waals surface area contributed by atoms with Crippen LogP contribution in [0.2, 0.25) is 0 Å². The van der Waals surface area contributed by atoms with Gasteiger partial charge in [0.15, 0.2) is 5.82 Å². The van der Waals surface area contributed by atoms with E-state index >= 15 is 0 Å². The fourth-order valence-corrected chi connectivity index (χ4v) is 3.09. The van der Waals surface area contributed by atoms with Gasteiger partial charge < -0.3 is 10.1 Å². The first-order valence-corrected chi connectivity index (χ1v) is 7.86. The molecule has 0 aliphatic heterocycles. The summed E-state index contributed by atoms with van der Waals surface area (Å²) in [5, 5.41) is 12.6. The second kappa shape index (κ2) is 5.69. The third-order valence-corrected chi connectivity index (χ3v) is 4.37. The van der Waals surface area contributed by atoms with Crippen molar-refractivity contribution in [2.75, 3.05) is 12.4 Å². The molecule has 6 nitrogen and oxygen atoms in total. The van der Waals surface area contributed by atoms with Crippen LogP contribution in [0.25, 0.3) is 21.5 Å². The molecule has 23 heavy (non-hydrogen) atoms. The molecule has 0 bridgehead atoms. The number of benzene rings is 1. The highest BCUT2D eigenvalue weighted by atomic mass is 32.1. The largest absolute Gasteiger partial charge is 0.497 e. The number of fused-ring (bicyclic) bond motifs is 1. The lowest BCUT2D eigenvalue weighted by Crippen LogP contribution is -1.94. The number of aromatic amines is 1. The number of rotatable bonds is 4. The van der Waals surface area contributed by atoms with Crippen LogP contribution >= 0.6 is 11.3 Å². The summed E-state index contributed by atoms with van der Waals surface area (Å²) in [6.45, 7) is 0. The Morgan fingerprint density at radius 2 is 2.00 bits per heavy atom. The number of methoxy groups -OCH3 is 1. The summed E-state index contributed by atoms with van der Waals surface area (Å²) in [7, 11) is 1.65. The molecule has 0 amide bonds. The van der Waals surface area contributed by atoms with Gasteiger partial charge in [0, 0.05) is 11.6 Å². The van der Waals surface area contributed by atoms with Gasteiger partial charge in [-0.1, -0.05) is 0 Å². The molecule has 0 fully saturated rings. The van der Waals surface area contributed by atoms with Crippen molar-refractivity contribution in [3.63, 3.8) is 0 Å². The van der Waals surface area contributed by atoms with Crippen molar-refractivity contribution >= 4 is 33.2 Å². The Morgan fingerprint density at radius 1 is 1.13 bits per heavy atom. The maximum absolute atomic E-state index is 5.17. The van der Waals surface area contributed by atoms with Crippen molar-refractivity contribution in [3.05, 3.63) is 48.1 Å². The molecule has 0 aliphatic rings. The second-order valence-corrected chi connectivity index (χ2v) is 5.79. The van der Waals surface area contributed by atoms with E-state index in [0.29, 0.717) is 0 Å². The first-order chi connectivity index (χ1) is 11.3. The average Bonchev–Trinajstić information content (AvgIpc) is 3.25. The summed E-state index contributed by atoms with van der Waals surface area (Å²) in [6, 6.07) is 11.7. The molecule has 0 saturated carbocycles. The van der Waals surface area contributed by atoms with E-state index in [4.69, 9.17) is 4.74 Å². The van der Waals surface area contributed by atoms with Crippen LogP contribution in [-0.4, -0.2) is 27.3 Å². The molecule has 0 unspecified atom stereocenters. The minimum atomic E-state index is 0.773. The topological polar surface area (TPSA) is 75.7 Å². The molecule has 0 spiro atoms. The van der Waals surface area contributed by atoms with Crippen LogP contribution in [0.3, 0.4) is 0 Å². The highest BCUT2D eigenvalue weighted by Gasteiger charge is 2.08. The highest BCUT2D eigenvalue weighted by Crippen LogP contribution is 2.28. The Balaban J connectivity index is 1.61. The first kappa shape index (κ1) is 13.7. The van der Waals surface area contributed by atoms with Crippen molar-refractivity contribution in [2.45, 2.75) is 0 Å². The van der Waals surface area contributed by atoms with Crippen LogP contribution in [0, 0.1) is 0 Å². The second-order valence-electron chi connectivity index (χ2n) is 4.88. The van der Waals surface area contributed by atoms with E-state index in [9.17, 15) is 0 Å². The van der Waals surface area contributed by atoms with E-state index in [0.717, 1.165) is 38.9 Å². The Labute approximate surface area is 136 Å². The molecule has 2 N–H and O–H groups in total. The molecule has 4 aromatic rings. The standard InChI is InChI=1S/C16H13N5OS/c1-22-11-4-2-10(3-5-11)13-8-14(21-20-13)19-16-15-12(6-7-23-15)17-9-18-16/h2-9H,1H3,(H2,17,18,19,20,21). The van der Waals surface area contributed by atoms with Crippen LogP contribution < -0.4 is 10.1 Å². The number of hydrogen-bond acceptors (Lipinski definition) is 6. The van der Waals surface area contributed by atoms with Gasteiger partial charge in [-0.3, -0.25) is 5.10 Å². The number of anilines is 2. The van der Waals surface area contributed by atoms with E-state index in [1.807, 2.05) is 41.8 Å². The monoisotopic (exact) mass is 323 g/mol. The van der Waals surface area contributed by atoms with Crippen molar-refractivity contribution in [1.82, 2.24) is 20.2 Å². The first-order valence-electron chi connectivity index (χ1n) is 6.98. The molecule has 7 heteroatoms. The molecular formula is C16H13N5OS. The van der Waals surface area contributed by atoms with Crippen molar-refractivity contribution in [3.8, 4) is 17.0 Å². The van der Waals surface area contributed by atoms with E-state index in [2.05, 4.69) is 25.5 Å². The molecule has 114 valence electrons. The van der Waals surface area contributed by atoms with Gasteiger partial charge in [-0.15, -0.1) is 11.3 Å². The Bertz CT molecular complexity index is 944. The fourth-order valence-electron chi connectivity index (χ4n) is 2.30. The highest BCUT2D eigenvalue weighted by molar-refractivity contribution is 7.17. The van der Waals surface area contributed by atoms with Gasteiger partial charge in [-0.25, -0.2) is 9.97 Å². The van der Waals surface area contributed by atoms with E-state index < -0.39 is 0 Å². The zero-order valence-electron chi connectivity index (χ0n) is 12.3. The third kappa shape index (κ3) is 2.62. The fraction of sp³-hybridized carbons (Fsp3) is 0.0625.